The van der Waals surface area contributed by atoms with E-state index in [1.165, 1.54) is 59.8 Å². The van der Waals surface area contributed by atoms with Crippen LogP contribution in [0.1, 0.15) is 68.9 Å². The molecule has 13 aromatic carbocycles. The van der Waals surface area contributed by atoms with Crippen molar-refractivity contribution in [2.24, 2.45) is 0 Å². The third-order valence-electron chi connectivity index (χ3n) is 20.7. The van der Waals surface area contributed by atoms with E-state index >= 15 is 0 Å². The van der Waals surface area contributed by atoms with E-state index in [9.17, 15) is 0 Å². The lowest BCUT2D eigenvalue weighted by atomic mass is 9.83. The predicted molar refractivity (Wildman–Crippen MR) is 414 cm³/mol. The minimum Gasteiger partial charge on any atom is -0.309 e. The second-order valence-electron chi connectivity index (χ2n) is 26.4. The minimum atomic E-state index is 0.475. The largest absolute Gasteiger partial charge is 0.309 e. The molecule has 18 aromatic rings. The molecule has 0 aliphatic heterocycles. The summed E-state index contributed by atoms with van der Waals surface area (Å²) in [5, 5.41) is 9.50. The maximum absolute atomic E-state index is 5.77. The summed E-state index contributed by atoms with van der Waals surface area (Å²) in [6.45, 7) is 4.46. The molecule has 0 aliphatic carbocycles. The third kappa shape index (κ3) is 10.5. The van der Waals surface area contributed by atoms with E-state index in [0.717, 1.165) is 121 Å². The molecule has 0 radical (unpaired) electrons. The molecule has 0 amide bonds. The van der Waals surface area contributed by atoms with Crippen molar-refractivity contribution < 1.29 is 0 Å². The Kier molecular flexibility index (Phi) is 15.0. The summed E-state index contributed by atoms with van der Waals surface area (Å²) >= 11 is 0. The van der Waals surface area contributed by atoms with Gasteiger partial charge in [0.2, 0.25) is 0 Å². The fourth-order valence-corrected chi connectivity index (χ4v) is 16.0. The molecule has 7 heteroatoms. The number of rotatable bonds is 17. The van der Waals surface area contributed by atoms with Crippen LogP contribution >= 0.6 is 0 Å². The number of nitrogens with zero attached hydrogens (tertiary/aromatic N) is 7. The van der Waals surface area contributed by atoms with Crippen molar-refractivity contribution in [1.82, 2.24) is 33.2 Å². The molecular formula is C92H71N7. The van der Waals surface area contributed by atoms with Crippen LogP contribution in [-0.4, -0.2) is 33.2 Å². The van der Waals surface area contributed by atoms with Gasteiger partial charge in [-0.2, -0.15) is 0 Å². The molecule has 5 aromatic heterocycles. The van der Waals surface area contributed by atoms with Crippen LogP contribution < -0.4 is 0 Å². The Hall–Kier alpha value is -12.2. The van der Waals surface area contributed by atoms with E-state index in [4.69, 9.17) is 15.0 Å². The van der Waals surface area contributed by atoms with Crippen LogP contribution in [0.5, 0.6) is 0 Å². The zero-order valence-electron chi connectivity index (χ0n) is 55.4. The summed E-state index contributed by atoms with van der Waals surface area (Å²) < 4.78 is 9.63. The van der Waals surface area contributed by atoms with Crippen LogP contribution in [0.3, 0.4) is 0 Å². The highest BCUT2D eigenvalue weighted by Crippen LogP contribution is 2.42. The third-order valence-corrected chi connectivity index (χ3v) is 20.7. The Morgan fingerprint density at radius 1 is 0.273 bits per heavy atom. The van der Waals surface area contributed by atoms with Gasteiger partial charge in [0.15, 0.2) is 17.5 Å². The van der Waals surface area contributed by atoms with Crippen LogP contribution in [0.4, 0.5) is 0 Å². The zero-order chi connectivity index (χ0) is 65.9. The molecule has 99 heavy (non-hydrogen) atoms. The van der Waals surface area contributed by atoms with Crippen molar-refractivity contribution in [3.8, 4) is 68.0 Å². The van der Waals surface area contributed by atoms with Gasteiger partial charge in [-0.3, -0.25) is 0 Å². The first-order valence-electron chi connectivity index (χ1n) is 34.9. The van der Waals surface area contributed by atoms with E-state index in [1.54, 1.807) is 0 Å². The topological polar surface area (TPSA) is 58.4 Å². The Balaban J connectivity index is 0.833. The fourth-order valence-electron chi connectivity index (χ4n) is 16.0. The highest BCUT2D eigenvalue weighted by molar-refractivity contribution is 6.13. The molecule has 0 aliphatic rings. The van der Waals surface area contributed by atoms with Crippen LogP contribution in [0, 0.1) is 0 Å². The van der Waals surface area contributed by atoms with Crippen molar-refractivity contribution in [3.63, 3.8) is 0 Å². The van der Waals surface area contributed by atoms with E-state index in [2.05, 4.69) is 354 Å². The van der Waals surface area contributed by atoms with E-state index in [0.29, 0.717) is 29.3 Å². The molecule has 18 rings (SSSR count). The summed E-state index contributed by atoms with van der Waals surface area (Å²) in [5.41, 5.74) is 20.6. The summed E-state index contributed by atoms with van der Waals surface area (Å²) in [7, 11) is 0. The summed E-state index contributed by atoms with van der Waals surface area (Å²) in [6.07, 6.45) is 10.2. The first-order valence-corrected chi connectivity index (χ1v) is 34.9. The molecule has 0 bridgehead atoms. The van der Waals surface area contributed by atoms with Crippen LogP contribution in [0.15, 0.2) is 322 Å². The average Bonchev–Trinajstić information content (AvgIpc) is 1.61. The molecule has 2 unspecified atom stereocenters. The fraction of sp³-hybridized carbons (Fsp3) is 0.0978. The lowest BCUT2D eigenvalue weighted by Crippen LogP contribution is -2.05. The molecule has 7 nitrogen and oxygen atoms in total. The van der Waals surface area contributed by atoms with Crippen molar-refractivity contribution in [1.29, 1.82) is 0 Å². The van der Waals surface area contributed by atoms with Crippen LogP contribution in [0.2, 0.25) is 0 Å². The van der Waals surface area contributed by atoms with Crippen LogP contribution in [-0.2, 0) is 0 Å². The SMILES string of the molecule is C/C=C/CCC(CCC(CC)c1ccc(-c2ccc(-c3nc(-c4cc(-n5c6ccccc6c6ccccc65)cc(-n5c6ccccc6c6ccccc65)c4)nc(-c4cc(-n5c6ccccc6c6ccccc65)cc(-n5c6ccccc6c6ccccc65)c4)n3)cc2)cc1)c1ccccc1. The number of fused-ring (bicyclic) bond motifs is 12. The molecule has 0 saturated carbocycles. The van der Waals surface area contributed by atoms with Gasteiger partial charge >= 0.3 is 0 Å². The number of hydrogen-bond donors (Lipinski definition) is 0. The standard InChI is InChI=1S/C92H71N7/c1-3-5-7-26-63(62-27-8-6-9-28-62)46-45-61(4-2)64-47-49-65(50-48-64)66-51-53-67(54-52-66)90-93-91(68-55-70(96-82-37-18-10-29-74(82)75-30-11-19-38-83(75)96)59-71(56-68)97-84-39-20-12-31-76(84)77-32-13-21-40-85(77)97)95-92(94-90)69-57-72(98-86-41-22-14-33-78(86)79-34-15-23-42-87(79)98)60-73(58-69)99-88-43-24-16-35-80(88)81-36-17-25-44-89(81)99/h3,5-6,8-25,27-44,47-61,63H,4,7,26,45-46H2,1-2H3/b5-3+. The van der Waals surface area contributed by atoms with Gasteiger partial charge < -0.3 is 18.3 Å². The van der Waals surface area contributed by atoms with E-state index in [-0.39, 0.29) is 0 Å². The molecule has 0 fully saturated rings. The number of benzene rings is 13. The number of aromatic nitrogens is 7. The van der Waals surface area contributed by atoms with Gasteiger partial charge in [0.25, 0.3) is 0 Å². The van der Waals surface area contributed by atoms with Gasteiger partial charge in [0.1, 0.15) is 0 Å². The van der Waals surface area contributed by atoms with E-state index < -0.39 is 0 Å². The number of para-hydroxylation sites is 8. The highest BCUT2D eigenvalue weighted by Gasteiger charge is 2.24. The second-order valence-corrected chi connectivity index (χ2v) is 26.4. The van der Waals surface area contributed by atoms with Crippen molar-refractivity contribution >= 4 is 87.2 Å². The van der Waals surface area contributed by atoms with Gasteiger partial charge in [0.05, 0.1) is 44.1 Å². The van der Waals surface area contributed by atoms with Gasteiger partial charge in [-0.1, -0.05) is 244 Å². The maximum atomic E-state index is 5.77. The van der Waals surface area contributed by atoms with Gasteiger partial charge in [0, 0.05) is 82.5 Å². The first kappa shape index (κ1) is 59.3. The first-order chi connectivity index (χ1) is 49.0. The molecule has 0 N–H and O–H groups in total. The molecule has 5 heterocycles. The van der Waals surface area contributed by atoms with Crippen LogP contribution in [0.25, 0.3) is 155 Å². The van der Waals surface area contributed by atoms with E-state index in [1.807, 2.05) is 0 Å². The smallest absolute Gasteiger partial charge is 0.164 e. The quantitative estimate of drug-likeness (QED) is 0.0854. The lowest BCUT2D eigenvalue weighted by molar-refractivity contribution is 0.498. The summed E-state index contributed by atoms with van der Waals surface area (Å²) in [5.74, 6) is 2.69. The molecule has 0 saturated heterocycles. The van der Waals surface area contributed by atoms with Crippen molar-refractivity contribution in [3.05, 3.63) is 333 Å². The number of allylic oxidation sites excluding steroid dienone is 2. The Morgan fingerprint density at radius 2 is 0.545 bits per heavy atom. The molecule has 0 spiro atoms. The molecular weight excluding hydrogens is 1200 g/mol. The van der Waals surface area contributed by atoms with Gasteiger partial charge in [-0.25, -0.2) is 15.0 Å². The maximum Gasteiger partial charge on any atom is 0.164 e. The summed E-state index contributed by atoms with van der Waals surface area (Å²) in [6, 6.07) is 113. The monoisotopic (exact) mass is 1270 g/mol. The summed E-state index contributed by atoms with van der Waals surface area (Å²) in [4.78, 5) is 17.1. The zero-order valence-corrected chi connectivity index (χ0v) is 55.4. The Morgan fingerprint density at radius 3 is 0.869 bits per heavy atom. The second kappa shape index (κ2) is 25.1. The van der Waals surface area contributed by atoms with Crippen molar-refractivity contribution in [2.45, 2.75) is 57.8 Å². The molecule has 2 atom stereocenters. The highest BCUT2D eigenvalue weighted by atomic mass is 15.1. The Bertz CT molecular complexity index is 5350. The average molecular weight is 1270 g/mol. The minimum absolute atomic E-state index is 0.475. The lowest BCUT2D eigenvalue weighted by Gasteiger charge is -2.21. The molecule has 474 valence electrons. The Labute approximate surface area is 575 Å². The predicted octanol–water partition coefficient (Wildman–Crippen LogP) is 24.3. The normalized spacial score (nSPS) is 12.6. The number of hydrogen-bond acceptors (Lipinski definition) is 3. The van der Waals surface area contributed by atoms with Gasteiger partial charge in [-0.15, -0.1) is 0 Å². The van der Waals surface area contributed by atoms with Crippen molar-refractivity contribution in [2.75, 3.05) is 0 Å². The van der Waals surface area contributed by atoms with Gasteiger partial charge in [-0.05, 0) is 158 Å².